The van der Waals surface area contributed by atoms with Crippen LogP contribution in [0.5, 0.6) is 0 Å². The first kappa shape index (κ1) is 8.29. The Hall–Kier alpha value is -1.03. The highest BCUT2D eigenvalue weighted by atomic mass is 16.4. The van der Waals surface area contributed by atoms with E-state index in [2.05, 4.69) is 10.3 Å². The van der Waals surface area contributed by atoms with Crippen LogP contribution in [0.3, 0.4) is 0 Å². The molecule has 76 valence electrons. The molecule has 2 aliphatic rings. The van der Waals surface area contributed by atoms with Crippen LogP contribution >= 0.6 is 0 Å². The first-order chi connectivity index (χ1) is 6.84. The van der Waals surface area contributed by atoms with Crippen LogP contribution in [0.2, 0.25) is 0 Å². The molecule has 0 saturated carbocycles. The van der Waals surface area contributed by atoms with E-state index in [1.165, 1.54) is 12.8 Å². The summed E-state index contributed by atoms with van der Waals surface area (Å²) in [5.74, 6) is 1.56. The summed E-state index contributed by atoms with van der Waals surface area (Å²) in [4.78, 5) is 4.31. The maximum absolute atomic E-state index is 5.58. The van der Waals surface area contributed by atoms with Gasteiger partial charge in [-0.2, -0.15) is 4.98 Å². The Morgan fingerprint density at radius 3 is 3.29 bits per heavy atom. The highest BCUT2D eigenvalue weighted by Gasteiger charge is 2.34. The Labute approximate surface area is 82.9 Å². The zero-order valence-electron chi connectivity index (χ0n) is 8.12. The monoisotopic (exact) mass is 193 g/mol. The zero-order chi connectivity index (χ0) is 9.54. The second-order valence-electron chi connectivity index (χ2n) is 4.21. The summed E-state index contributed by atoms with van der Waals surface area (Å²) in [6.45, 7) is 1.14. The Morgan fingerprint density at radius 2 is 2.36 bits per heavy atom. The molecule has 4 heteroatoms. The van der Waals surface area contributed by atoms with Gasteiger partial charge in [-0.15, -0.1) is 0 Å². The van der Waals surface area contributed by atoms with Gasteiger partial charge in [-0.1, -0.05) is 0 Å². The van der Waals surface area contributed by atoms with Gasteiger partial charge < -0.3 is 15.5 Å². The Morgan fingerprint density at radius 1 is 1.43 bits per heavy atom. The van der Waals surface area contributed by atoms with Crippen molar-refractivity contribution in [3.05, 3.63) is 11.5 Å². The number of rotatable bonds is 0. The molecule has 1 aliphatic carbocycles. The minimum Gasteiger partial charge on any atom is -0.429 e. The summed E-state index contributed by atoms with van der Waals surface area (Å²) in [6, 6.07) is 0.932. The van der Waals surface area contributed by atoms with Crippen molar-refractivity contribution in [2.24, 2.45) is 0 Å². The molecule has 0 bridgehead atoms. The highest BCUT2D eigenvalue weighted by Crippen LogP contribution is 2.37. The van der Waals surface area contributed by atoms with Gasteiger partial charge in [0, 0.05) is 18.4 Å². The standard InChI is InChI=1S/C10H15N3O/c11-10-13-9-6-2-1-5-12-7(6)3-4-8(9)14-10/h6-7,12H,1-5H2,(H2,11,13)/t6-,7+/m0/s1. The maximum atomic E-state index is 5.58. The third-order valence-corrected chi connectivity index (χ3v) is 3.36. The first-order valence-corrected chi connectivity index (χ1v) is 5.33. The number of aryl methyl sites for hydroxylation is 1. The molecule has 14 heavy (non-hydrogen) atoms. The average molecular weight is 193 g/mol. The number of anilines is 1. The minimum atomic E-state index is 0.334. The largest absolute Gasteiger partial charge is 0.429 e. The molecule has 1 aromatic rings. The van der Waals surface area contributed by atoms with Crippen LogP contribution in [0.15, 0.2) is 4.42 Å². The lowest BCUT2D eigenvalue weighted by Crippen LogP contribution is -2.42. The lowest BCUT2D eigenvalue weighted by Gasteiger charge is -2.34. The molecule has 4 nitrogen and oxygen atoms in total. The van der Waals surface area contributed by atoms with Crippen LogP contribution in [-0.2, 0) is 6.42 Å². The van der Waals surface area contributed by atoms with Crippen LogP contribution in [0, 0.1) is 0 Å². The molecule has 1 fully saturated rings. The van der Waals surface area contributed by atoms with E-state index in [4.69, 9.17) is 10.2 Å². The fourth-order valence-electron chi connectivity index (χ4n) is 2.72. The van der Waals surface area contributed by atoms with Gasteiger partial charge in [0.2, 0.25) is 0 Å². The number of hydrogen-bond acceptors (Lipinski definition) is 4. The molecule has 3 rings (SSSR count). The van der Waals surface area contributed by atoms with E-state index in [-0.39, 0.29) is 0 Å². The van der Waals surface area contributed by atoms with Crippen molar-refractivity contribution in [1.29, 1.82) is 0 Å². The molecular weight excluding hydrogens is 178 g/mol. The molecule has 1 aromatic heterocycles. The number of fused-ring (bicyclic) bond motifs is 3. The van der Waals surface area contributed by atoms with Crippen molar-refractivity contribution in [2.45, 2.75) is 37.6 Å². The molecule has 0 unspecified atom stereocenters. The Kier molecular flexibility index (Phi) is 1.77. The topological polar surface area (TPSA) is 64.1 Å². The lowest BCUT2D eigenvalue weighted by atomic mass is 9.80. The second-order valence-corrected chi connectivity index (χ2v) is 4.21. The van der Waals surface area contributed by atoms with E-state index in [0.29, 0.717) is 18.0 Å². The number of oxazole rings is 1. The van der Waals surface area contributed by atoms with E-state index in [0.717, 1.165) is 30.8 Å². The van der Waals surface area contributed by atoms with Crippen LogP contribution in [0.25, 0.3) is 0 Å². The molecule has 2 atom stereocenters. The zero-order valence-corrected chi connectivity index (χ0v) is 8.12. The maximum Gasteiger partial charge on any atom is 0.292 e. The van der Waals surface area contributed by atoms with Gasteiger partial charge in [-0.3, -0.25) is 0 Å². The molecular formula is C10H15N3O. The summed E-state index contributed by atoms with van der Waals surface area (Å²) in [5.41, 5.74) is 6.70. The van der Waals surface area contributed by atoms with Gasteiger partial charge in [0.1, 0.15) is 5.76 Å². The van der Waals surface area contributed by atoms with Gasteiger partial charge in [0.05, 0.1) is 5.69 Å². The number of nitrogens with two attached hydrogens (primary N) is 1. The number of hydrogen-bond donors (Lipinski definition) is 2. The van der Waals surface area contributed by atoms with Gasteiger partial charge in [0.25, 0.3) is 6.01 Å². The fourth-order valence-corrected chi connectivity index (χ4v) is 2.72. The molecule has 0 radical (unpaired) electrons. The molecule has 1 saturated heterocycles. The summed E-state index contributed by atoms with van der Waals surface area (Å²) in [7, 11) is 0. The number of aromatic nitrogens is 1. The number of nitrogens with one attached hydrogen (secondary N) is 1. The van der Waals surface area contributed by atoms with Gasteiger partial charge in [0.15, 0.2) is 0 Å². The average Bonchev–Trinajstić information content (AvgIpc) is 2.59. The van der Waals surface area contributed by atoms with Gasteiger partial charge in [-0.25, -0.2) is 0 Å². The summed E-state index contributed by atoms with van der Waals surface area (Å²) >= 11 is 0. The van der Waals surface area contributed by atoms with E-state index in [1.54, 1.807) is 0 Å². The van der Waals surface area contributed by atoms with Crippen molar-refractivity contribution in [3.63, 3.8) is 0 Å². The normalized spacial score (nSPS) is 30.9. The van der Waals surface area contributed by atoms with Gasteiger partial charge >= 0.3 is 0 Å². The SMILES string of the molecule is Nc1nc2c(o1)CC[C@H]1NCCC[C@H]21. The van der Waals surface area contributed by atoms with Crippen molar-refractivity contribution in [1.82, 2.24) is 10.3 Å². The molecule has 0 spiro atoms. The summed E-state index contributed by atoms with van der Waals surface area (Å²) in [6.07, 6.45) is 4.59. The van der Waals surface area contributed by atoms with Crippen LogP contribution in [0.4, 0.5) is 6.01 Å². The van der Waals surface area contributed by atoms with E-state index < -0.39 is 0 Å². The van der Waals surface area contributed by atoms with E-state index in [1.807, 2.05) is 0 Å². The highest BCUT2D eigenvalue weighted by molar-refractivity contribution is 5.28. The second kappa shape index (κ2) is 2.98. The minimum absolute atomic E-state index is 0.334. The van der Waals surface area contributed by atoms with Crippen molar-refractivity contribution < 1.29 is 4.42 Å². The van der Waals surface area contributed by atoms with Crippen molar-refractivity contribution in [2.75, 3.05) is 12.3 Å². The quantitative estimate of drug-likeness (QED) is 0.646. The first-order valence-electron chi connectivity index (χ1n) is 5.33. The molecule has 3 N–H and O–H groups in total. The molecule has 2 heterocycles. The smallest absolute Gasteiger partial charge is 0.292 e. The number of nitrogen functional groups attached to an aromatic ring is 1. The molecule has 0 amide bonds. The third-order valence-electron chi connectivity index (χ3n) is 3.36. The summed E-state index contributed by atoms with van der Waals surface area (Å²) < 4.78 is 5.39. The van der Waals surface area contributed by atoms with E-state index >= 15 is 0 Å². The van der Waals surface area contributed by atoms with Crippen molar-refractivity contribution >= 4 is 6.01 Å². The Balaban J connectivity index is 1.98. The van der Waals surface area contributed by atoms with Crippen LogP contribution in [0.1, 0.15) is 36.6 Å². The summed E-state index contributed by atoms with van der Waals surface area (Å²) in [5, 5.41) is 3.55. The van der Waals surface area contributed by atoms with E-state index in [9.17, 15) is 0 Å². The third kappa shape index (κ3) is 1.14. The molecule has 0 aromatic carbocycles. The fraction of sp³-hybridized carbons (Fsp3) is 0.700. The predicted octanol–water partition coefficient (Wildman–Crippen LogP) is 1.04. The molecule has 1 aliphatic heterocycles. The lowest BCUT2D eigenvalue weighted by molar-refractivity contribution is 0.302. The van der Waals surface area contributed by atoms with Crippen LogP contribution < -0.4 is 11.1 Å². The van der Waals surface area contributed by atoms with Gasteiger partial charge in [-0.05, 0) is 25.8 Å². The van der Waals surface area contributed by atoms with Crippen molar-refractivity contribution in [3.8, 4) is 0 Å². The predicted molar refractivity (Wildman–Crippen MR) is 53.0 cm³/mol. The van der Waals surface area contributed by atoms with Crippen LogP contribution in [-0.4, -0.2) is 17.6 Å². The number of piperidine rings is 1. The Bertz CT molecular complexity index is 347. The number of nitrogens with zero attached hydrogens (tertiary/aromatic N) is 1.